The van der Waals surface area contributed by atoms with E-state index in [0.29, 0.717) is 16.6 Å². The standard InChI is InChI=1S/C13H9N3O5/c14-5-6-3-7-9(21-13(19)20)1-2-16-10(7)8(4-6)15-11(17)12(16)18/h3-4,9H,1-2H2,(H,15,17)(H,19,20). The molecular weight excluding hydrogens is 278 g/mol. The van der Waals surface area contributed by atoms with Crippen molar-refractivity contribution < 1.29 is 14.6 Å². The number of hydrogen-bond donors (Lipinski definition) is 2. The summed E-state index contributed by atoms with van der Waals surface area (Å²) < 4.78 is 6.09. The third-order valence-corrected chi connectivity index (χ3v) is 3.43. The van der Waals surface area contributed by atoms with Crippen molar-refractivity contribution in [2.24, 2.45) is 0 Å². The van der Waals surface area contributed by atoms with Gasteiger partial charge in [0.25, 0.3) is 0 Å². The first-order chi connectivity index (χ1) is 10.0. The third-order valence-electron chi connectivity index (χ3n) is 3.43. The molecule has 2 heterocycles. The summed E-state index contributed by atoms with van der Waals surface area (Å²) in [6.07, 6.45) is -1.98. The van der Waals surface area contributed by atoms with Crippen molar-refractivity contribution in [2.45, 2.75) is 19.1 Å². The largest absolute Gasteiger partial charge is 0.506 e. The summed E-state index contributed by atoms with van der Waals surface area (Å²) in [5, 5.41) is 17.8. The fourth-order valence-corrected chi connectivity index (χ4v) is 2.62. The number of H-pyrrole nitrogens is 1. The zero-order chi connectivity index (χ0) is 15.1. The highest BCUT2D eigenvalue weighted by molar-refractivity contribution is 5.81. The van der Waals surface area contributed by atoms with Crippen molar-refractivity contribution in [1.82, 2.24) is 9.55 Å². The van der Waals surface area contributed by atoms with Gasteiger partial charge in [-0.25, -0.2) is 4.79 Å². The van der Waals surface area contributed by atoms with Gasteiger partial charge < -0.3 is 19.4 Å². The number of rotatable bonds is 1. The van der Waals surface area contributed by atoms with Gasteiger partial charge in [0.1, 0.15) is 6.10 Å². The van der Waals surface area contributed by atoms with Crippen LogP contribution in [0.1, 0.15) is 23.7 Å². The van der Waals surface area contributed by atoms with Crippen LogP contribution in [-0.4, -0.2) is 20.8 Å². The number of aromatic nitrogens is 2. The predicted octanol–water partition coefficient (Wildman–Crippen LogP) is 0.701. The van der Waals surface area contributed by atoms with Crippen LogP contribution in [0.2, 0.25) is 0 Å². The number of ether oxygens (including phenoxy) is 1. The lowest BCUT2D eigenvalue weighted by Crippen LogP contribution is -2.39. The number of nitrogens with zero attached hydrogens (tertiary/aromatic N) is 2. The molecule has 1 aliphatic heterocycles. The maximum atomic E-state index is 11.9. The lowest BCUT2D eigenvalue weighted by atomic mass is 9.98. The second kappa shape index (κ2) is 4.49. The molecule has 8 nitrogen and oxygen atoms in total. The number of nitrogens with one attached hydrogen (secondary N) is 1. The SMILES string of the molecule is N#Cc1cc2c3c(c1)[nH]c(=O)c(=O)n3CCC2OC(=O)O. The number of benzene rings is 1. The Morgan fingerprint density at radius 2 is 2.24 bits per heavy atom. The molecule has 0 saturated heterocycles. The molecule has 1 atom stereocenters. The first-order valence-corrected chi connectivity index (χ1v) is 6.11. The Kier molecular flexibility index (Phi) is 2.76. The molecule has 0 fully saturated rings. The van der Waals surface area contributed by atoms with E-state index in [4.69, 9.17) is 15.1 Å². The van der Waals surface area contributed by atoms with E-state index < -0.39 is 23.4 Å². The molecule has 8 heteroatoms. The number of aromatic amines is 1. The quantitative estimate of drug-likeness (QED) is 0.587. The monoisotopic (exact) mass is 287 g/mol. The molecule has 1 unspecified atom stereocenters. The second-order valence-electron chi connectivity index (χ2n) is 4.65. The molecule has 2 N–H and O–H groups in total. The minimum absolute atomic E-state index is 0.177. The van der Waals surface area contributed by atoms with Crippen LogP contribution in [0, 0.1) is 11.3 Å². The van der Waals surface area contributed by atoms with Gasteiger partial charge in [-0.3, -0.25) is 9.59 Å². The highest BCUT2D eigenvalue weighted by Gasteiger charge is 2.27. The normalized spacial score (nSPS) is 16.4. The molecule has 1 aromatic carbocycles. The zero-order valence-electron chi connectivity index (χ0n) is 10.6. The van der Waals surface area contributed by atoms with Crippen LogP contribution in [0.15, 0.2) is 21.7 Å². The van der Waals surface area contributed by atoms with Crippen LogP contribution < -0.4 is 11.1 Å². The molecule has 0 radical (unpaired) electrons. The third kappa shape index (κ3) is 1.95. The first kappa shape index (κ1) is 12.9. The number of carboxylic acid groups (broad SMARTS) is 1. The van der Waals surface area contributed by atoms with E-state index >= 15 is 0 Å². The minimum atomic E-state index is -1.43. The topological polar surface area (TPSA) is 125 Å². The molecule has 2 aromatic rings. The van der Waals surface area contributed by atoms with Crippen molar-refractivity contribution >= 4 is 17.2 Å². The maximum Gasteiger partial charge on any atom is 0.506 e. The van der Waals surface area contributed by atoms with E-state index in [-0.39, 0.29) is 18.5 Å². The molecule has 0 bridgehead atoms. The Morgan fingerprint density at radius 3 is 2.90 bits per heavy atom. The van der Waals surface area contributed by atoms with Gasteiger partial charge in [-0.2, -0.15) is 5.26 Å². The number of aryl methyl sites for hydroxylation is 1. The summed E-state index contributed by atoms with van der Waals surface area (Å²) in [6, 6.07) is 4.85. The van der Waals surface area contributed by atoms with Crippen molar-refractivity contribution in [3.63, 3.8) is 0 Å². The molecule has 0 spiro atoms. The Bertz CT molecular complexity index is 918. The molecule has 1 aromatic heterocycles. The van der Waals surface area contributed by atoms with Crippen LogP contribution >= 0.6 is 0 Å². The smallest absolute Gasteiger partial charge is 0.450 e. The van der Waals surface area contributed by atoms with Gasteiger partial charge in [-0.15, -0.1) is 0 Å². The van der Waals surface area contributed by atoms with Gasteiger partial charge in [0, 0.05) is 18.5 Å². The summed E-state index contributed by atoms with van der Waals surface area (Å²) in [5.41, 5.74) is -0.114. The molecule has 0 saturated carbocycles. The fraction of sp³-hybridized carbons (Fsp3) is 0.231. The van der Waals surface area contributed by atoms with Gasteiger partial charge >= 0.3 is 17.3 Å². The van der Waals surface area contributed by atoms with Crippen molar-refractivity contribution in [1.29, 1.82) is 5.26 Å². The zero-order valence-corrected chi connectivity index (χ0v) is 10.6. The second-order valence-corrected chi connectivity index (χ2v) is 4.65. The summed E-state index contributed by atoms with van der Waals surface area (Å²) >= 11 is 0. The molecular formula is C13H9N3O5. The first-order valence-electron chi connectivity index (χ1n) is 6.11. The molecule has 106 valence electrons. The van der Waals surface area contributed by atoms with Crippen LogP contribution in [-0.2, 0) is 11.3 Å². The van der Waals surface area contributed by atoms with Crippen LogP contribution in [0.5, 0.6) is 0 Å². The lowest BCUT2D eigenvalue weighted by Gasteiger charge is -2.25. The summed E-state index contributed by atoms with van der Waals surface area (Å²) in [5.74, 6) is 0. The summed E-state index contributed by atoms with van der Waals surface area (Å²) in [7, 11) is 0. The van der Waals surface area contributed by atoms with E-state index in [2.05, 4.69) is 4.98 Å². The van der Waals surface area contributed by atoms with E-state index in [1.54, 1.807) is 0 Å². The Hall–Kier alpha value is -3.08. The average Bonchev–Trinajstić information content (AvgIpc) is 2.45. The summed E-state index contributed by atoms with van der Waals surface area (Å²) in [4.78, 5) is 36.7. The van der Waals surface area contributed by atoms with Gasteiger partial charge in [0.15, 0.2) is 0 Å². The van der Waals surface area contributed by atoms with Gasteiger partial charge in [-0.05, 0) is 12.1 Å². The van der Waals surface area contributed by atoms with E-state index in [0.717, 1.165) is 0 Å². The van der Waals surface area contributed by atoms with E-state index in [9.17, 15) is 14.4 Å². The van der Waals surface area contributed by atoms with Crippen LogP contribution in [0.4, 0.5) is 4.79 Å². The van der Waals surface area contributed by atoms with E-state index in [1.807, 2.05) is 6.07 Å². The number of hydrogen-bond acceptors (Lipinski definition) is 5. The molecule has 21 heavy (non-hydrogen) atoms. The Labute approximate surface area is 116 Å². The fourth-order valence-electron chi connectivity index (χ4n) is 2.62. The highest BCUT2D eigenvalue weighted by atomic mass is 16.7. The van der Waals surface area contributed by atoms with Crippen molar-refractivity contribution in [3.05, 3.63) is 44.0 Å². The van der Waals surface area contributed by atoms with Crippen molar-refractivity contribution in [2.75, 3.05) is 0 Å². The number of nitriles is 1. The van der Waals surface area contributed by atoms with Gasteiger partial charge in [0.2, 0.25) is 0 Å². The average molecular weight is 287 g/mol. The van der Waals surface area contributed by atoms with Crippen molar-refractivity contribution in [3.8, 4) is 6.07 Å². The van der Waals surface area contributed by atoms with Crippen LogP contribution in [0.25, 0.3) is 11.0 Å². The minimum Gasteiger partial charge on any atom is -0.450 e. The van der Waals surface area contributed by atoms with Gasteiger partial charge in [-0.1, -0.05) is 0 Å². The maximum absolute atomic E-state index is 11.9. The molecule has 1 aliphatic rings. The molecule has 0 amide bonds. The Balaban J connectivity index is 2.39. The Morgan fingerprint density at radius 1 is 1.48 bits per heavy atom. The predicted molar refractivity (Wildman–Crippen MR) is 70.0 cm³/mol. The molecule has 3 rings (SSSR count). The molecule has 0 aliphatic carbocycles. The summed E-state index contributed by atoms with van der Waals surface area (Å²) in [6.45, 7) is 0.177. The highest BCUT2D eigenvalue weighted by Crippen LogP contribution is 2.32. The van der Waals surface area contributed by atoms with Gasteiger partial charge in [0.05, 0.1) is 22.7 Å². The number of carbonyl (C=O) groups is 1. The lowest BCUT2D eigenvalue weighted by molar-refractivity contribution is 0.0441. The van der Waals surface area contributed by atoms with Crippen LogP contribution in [0.3, 0.4) is 0 Å². The van der Waals surface area contributed by atoms with E-state index in [1.165, 1.54) is 16.7 Å².